The Labute approximate surface area is 139 Å². The highest BCUT2D eigenvalue weighted by molar-refractivity contribution is 7.15. The lowest BCUT2D eigenvalue weighted by Crippen LogP contribution is -2.14. The number of hydrogen-bond acceptors (Lipinski definition) is 5. The van der Waals surface area contributed by atoms with Crippen molar-refractivity contribution < 1.29 is 14.3 Å². The fourth-order valence-electron chi connectivity index (χ4n) is 1.98. The van der Waals surface area contributed by atoms with Gasteiger partial charge >= 0.3 is 5.97 Å². The summed E-state index contributed by atoms with van der Waals surface area (Å²) < 4.78 is 4.79. The van der Waals surface area contributed by atoms with E-state index in [-0.39, 0.29) is 24.7 Å². The molecule has 5 nitrogen and oxygen atoms in total. The van der Waals surface area contributed by atoms with E-state index in [1.165, 1.54) is 22.5 Å². The Morgan fingerprint density at radius 2 is 1.96 bits per heavy atom. The van der Waals surface area contributed by atoms with E-state index >= 15 is 0 Å². The highest BCUT2D eigenvalue weighted by atomic mass is 32.1. The molecule has 6 heteroatoms. The Morgan fingerprint density at radius 3 is 2.65 bits per heavy atom. The molecule has 2 aromatic rings. The van der Waals surface area contributed by atoms with Crippen LogP contribution >= 0.6 is 11.3 Å². The van der Waals surface area contributed by atoms with Crippen molar-refractivity contribution in [1.29, 1.82) is 0 Å². The Bertz CT molecular complexity index is 665. The smallest absolute Gasteiger partial charge is 0.306 e. The van der Waals surface area contributed by atoms with Gasteiger partial charge in [-0.2, -0.15) is 0 Å². The van der Waals surface area contributed by atoms with Crippen molar-refractivity contribution >= 4 is 28.3 Å². The van der Waals surface area contributed by atoms with E-state index in [2.05, 4.69) is 41.5 Å². The van der Waals surface area contributed by atoms with Crippen molar-refractivity contribution in [2.24, 2.45) is 0 Å². The molecule has 0 fully saturated rings. The van der Waals surface area contributed by atoms with Crippen LogP contribution in [-0.4, -0.2) is 23.5 Å². The van der Waals surface area contributed by atoms with Crippen LogP contribution in [0.5, 0.6) is 0 Å². The molecule has 0 aliphatic carbocycles. The summed E-state index contributed by atoms with van der Waals surface area (Å²) in [4.78, 5) is 28.3. The first kappa shape index (κ1) is 17.1. The average molecular weight is 332 g/mol. The maximum absolute atomic E-state index is 11.8. The minimum Gasteiger partial charge on any atom is -0.466 e. The second kappa shape index (κ2) is 8.43. The first-order chi connectivity index (χ1) is 11.1. The van der Waals surface area contributed by atoms with Gasteiger partial charge < -0.3 is 10.1 Å². The second-order valence-electron chi connectivity index (χ2n) is 5.15. The predicted molar refractivity (Wildman–Crippen MR) is 90.6 cm³/mol. The SMILES string of the molecule is CCOC(=O)CCC(=O)Nc1ncc(Cc2ccc(C)cc2)s1. The van der Waals surface area contributed by atoms with Crippen LogP contribution < -0.4 is 5.32 Å². The number of anilines is 1. The Balaban J connectivity index is 1.83. The Kier molecular flexibility index (Phi) is 6.29. The van der Waals surface area contributed by atoms with Gasteiger partial charge in [-0.1, -0.05) is 29.8 Å². The topological polar surface area (TPSA) is 68.3 Å². The normalized spacial score (nSPS) is 10.3. The molecule has 2 rings (SSSR count). The van der Waals surface area contributed by atoms with Gasteiger partial charge in [0.05, 0.1) is 13.0 Å². The molecule has 0 saturated heterocycles. The molecule has 0 radical (unpaired) electrons. The van der Waals surface area contributed by atoms with Crippen LogP contribution in [0, 0.1) is 6.92 Å². The third-order valence-electron chi connectivity index (χ3n) is 3.16. The zero-order valence-electron chi connectivity index (χ0n) is 13.3. The third kappa shape index (κ3) is 5.83. The molecule has 1 aromatic heterocycles. The van der Waals surface area contributed by atoms with Crippen LogP contribution in [0.15, 0.2) is 30.5 Å². The number of aromatic nitrogens is 1. The van der Waals surface area contributed by atoms with Gasteiger partial charge in [0, 0.05) is 23.9 Å². The Hall–Kier alpha value is -2.21. The molecular weight excluding hydrogens is 312 g/mol. The molecule has 1 aromatic carbocycles. The standard InChI is InChI=1S/C17H20N2O3S/c1-3-22-16(21)9-8-15(20)19-17-18-11-14(23-17)10-13-6-4-12(2)5-7-13/h4-7,11H,3,8-10H2,1-2H3,(H,18,19,20). The van der Waals surface area contributed by atoms with Crippen LogP contribution in [0.1, 0.15) is 35.8 Å². The van der Waals surface area contributed by atoms with Crippen LogP contribution in [-0.2, 0) is 20.7 Å². The lowest BCUT2D eigenvalue weighted by molar-refractivity contribution is -0.144. The molecular formula is C17H20N2O3S. The number of nitrogens with zero attached hydrogens (tertiary/aromatic N) is 1. The average Bonchev–Trinajstić information content (AvgIpc) is 2.95. The fraction of sp³-hybridized carbons (Fsp3) is 0.353. The molecule has 122 valence electrons. The number of thiazole rings is 1. The van der Waals surface area contributed by atoms with Crippen molar-refractivity contribution in [2.45, 2.75) is 33.1 Å². The summed E-state index contributed by atoms with van der Waals surface area (Å²) in [6.07, 6.45) is 2.75. The summed E-state index contributed by atoms with van der Waals surface area (Å²) in [6.45, 7) is 4.12. The van der Waals surface area contributed by atoms with Gasteiger partial charge in [-0.25, -0.2) is 4.98 Å². The second-order valence-corrected chi connectivity index (χ2v) is 6.26. The third-order valence-corrected chi connectivity index (χ3v) is 4.07. The van der Waals surface area contributed by atoms with Crippen molar-refractivity contribution in [1.82, 2.24) is 4.98 Å². The first-order valence-corrected chi connectivity index (χ1v) is 8.34. The van der Waals surface area contributed by atoms with Gasteiger partial charge in [-0.05, 0) is 19.4 Å². The van der Waals surface area contributed by atoms with Crippen molar-refractivity contribution in [3.05, 3.63) is 46.5 Å². The van der Waals surface area contributed by atoms with Gasteiger partial charge in [-0.15, -0.1) is 11.3 Å². The number of carbonyl (C=O) groups excluding carboxylic acids is 2. The largest absolute Gasteiger partial charge is 0.466 e. The number of hydrogen-bond donors (Lipinski definition) is 1. The van der Waals surface area contributed by atoms with E-state index in [1.807, 2.05) is 0 Å². The van der Waals surface area contributed by atoms with Gasteiger partial charge in [0.2, 0.25) is 5.91 Å². The van der Waals surface area contributed by atoms with E-state index in [0.29, 0.717) is 11.7 Å². The summed E-state index contributed by atoms with van der Waals surface area (Å²) >= 11 is 1.45. The summed E-state index contributed by atoms with van der Waals surface area (Å²) in [5.41, 5.74) is 2.44. The summed E-state index contributed by atoms with van der Waals surface area (Å²) in [5.74, 6) is -0.587. The number of amides is 1. The monoisotopic (exact) mass is 332 g/mol. The predicted octanol–water partition coefficient (Wildman–Crippen LogP) is 3.32. The summed E-state index contributed by atoms with van der Waals surface area (Å²) in [5, 5.41) is 3.27. The number of nitrogens with one attached hydrogen (secondary N) is 1. The van der Waals surface area contributed by atoms with Crippen LogP contribution in [0.3, 0.4) is 0 Å². The van der Waals surface area contributed by atoms with E-state index < -0.39 is 0 Å². The maximum atomic E-state index is 11.8. The van der Waals surface area contributed by atoms with E-state index in [4.69, 9.17) is 4.74 Å². The molecule has 0 aliphatic heterocycles. The van der Waals surface area contributed by atoms with Gasteiger partial charge in [0.25, 0.3) is 0 Å². The van der Waals surface area contributed by atoms with E-state index in [9.17, 15) is 9.59 Å². The number of rotatable bonds is 7. The maximum Gasteiger partial charge on any atom is 0.306 e. The molecule has 0 saturated carbocycles. The molecule has 0 atom stereocenters. The van der Waals surface area contributed by atoms with Crippen LogP contribution in [0.4, 0.5) is 5.13 Å². The van der Waals surface area contributed by atoms with Gasteiger partial charge in [0.1, 0.15) is 0 Å². The molecule has 1 heterocycles. The molecule has 1 N–H and O–H groups in total. The number of benzene rings is 1. The quantitative estimate of drug-likeness (QED) is 0.790. The molecule has 0 bridgehead atoms. The zero-order valence-corrected chi connectivity index (χ0v) is 14.1. The molecule has 0 spiro atoms. The molecule has 1 amide bonds. The lowest BCUT2D eigenvalue weighted by Gasteiger charge is -2.02. The van der Waals surface area contributed by atoms with Gasteiger partial charge in [0.15, 0.2) is 5.13 Å². The van der Waals surface area contributed by atoms with Crippen molar-refractivity contribution in [3.8, 4) is 0 Å². The summed E-state index contributed by atoms with van der Waals surface area (Å²) in [6, 6.07) is 8.34. The Morgan fingerprint density at radius 1 is 1.22 bits per heavy atom. The molecule has 0 aliphatic rings. The molecule has 23 heavy (non-hydrogen) atoms. The number of esters is 1. The number of carbonyl (C=O) groups is 2. The first-order valence-electron chi connectivity index (χ1n) is 7.52. The highest BCUT2D eigenvalue weighted by Gasteiger charge is 2.10. The van der Waals surface area contributed by atoms with Crippen LogP contribution in [0.25, 0.3) is 0 Å². The van der Waals surface area contributed by atoms with Crippen molar-refractivity contribution in [2.75, 3.05) is 11.9 Å². The number of ether oxygens (including phenoxy) is 1. The van der Waals surface area contributed by atoms with Crippen LogP contribution in [0.2, 0.25) is 0 Å². The minimum absolute atomic E-state index is 0.0846. The van der Waals surface area contributed by atoms with E-state index in [0.717, 1.165) is 11.3 Å². The number of aryl methyl sites for hydroxylation is 1. The zero-order chi connectivity index (χ0) is 16.7. The molecule has 0 unspecified atom stereocenters. The highest BCUT2D eigenvalue weighted by Crippen LogP contribution is 2.21. The van der Waals surface area contributed by atoms with E-state index in [1.54, 1.807) is 13.1 Å². The van der Waals surface area contributed by atoms with Crippen molar-refractivity contribution in [3.63, 3.8) is 0 Å². The lowest BCUT2D eigenvalue weighted by atomic mass is 10.1. The minimum atomic E-state index is -0.359. The fourth-order valence-corrected chi connectivity index (χ4v) is 2.85. The van der Waals surface area contributed by atoms with Gasteiger partial charge in [-0.3, -0.25) is 9.59 Å². The summed E-state index contributed by atoms with van der Waals surface area (Å²) in [7, 11) is 0.